The molecule has 0 atom stereocenters. The molecular weight excluding hydrogens is 243 g/mol. The molecule has 0 aliphatic carbocycles. The van der Waals surface area contributed by atoms with Crippen LogP contribution >= 0.6 is 0 Å². The number of carbonyl (C=O) groups is 1. The maximum absolute atomic E-state index is 13.2. The van der Waals surface area contributed by atoms with E-state index in [0.29, 0.717) is 23.2 Å². The molecule has 0 bridgehead atoms. The number of carbonyl (C=O) groups excluding carboxylic acids is 1. The highest BCUT2D eigenvalue weighted by molar-refractivity contribution is 6.13. The SMILES string of the molecule is COc1cccc(C=C(C=O)c2cccc(F)c2)c1. The van der Waals surface area contributed by atoms with Gasteiger partial charge in [-0.05, 0) is 41.5 Å². The summed E-state index contributed by atoms with van der Waals surface area (Å²) in [6.07, 6.45) is 2.42. The monoisotopic (exact) mass is 256 g/mol. The van der Waals surface area contributed by atoms with Crippen molar-refractivity contribution in [2.24, 2.45) is 0 Å². The average Bonchev–Trinajstić information content (AvgIpc) is 2.45. The maximum Gasteiger partial charge on any atom is 0.150 e. The molecular formula is C16H13FO2. The van der Waals surface area contributed by atoms with E-state index in [0.717, 1.165) is 5.56 Å². The Labute approximate surface area is 111 Å². The molecule has 0 spiro atoms. The zero-order chi connectivity index (χ0) is 13.7. The lowest BCUT2D eigenvalue weighted by molar-refractivity contribution is -0.103. The lowest BCUT2D eigenvalue weighted by atomic mass is 10.0. The van der Waals surface area contributed by atoms with Crippen molar-refractivity contribution in [3.8, 4) is 5.75 Å². The molecule has 2 nitrogen and oxygen atoms in total. The van der Waals surface area contributed by atoms with Gasteiger partial charge in [0.25, 0.3) is 0 Å². The number of ether oxygens (including phenoxy) is 1. The van der Waals surface area contributed by atoms with E-state index in [1.807, 2.05) is 24.3 Å². The summed E-state index contributed by atoms with van der Waals surface area (Å²) < 4.78 is 18.3. The number of allylic oxidation sites excluding steroid dienone is 1. The number of aldehydes is 1. The molecule has 0 unspecified atom stereocenters. The number of hydrogen-bond acceptors (Lipinski definition) is 2. The van der Waals surface area contributed by atoms with Crippen LogP contribution in [0.4, 0.5) is 4.39 Å². The molecule has 96 valence electrons. The van der Waals surface area contributed by atoms with E-state index in [1.165, 1.54) is 12.1 Å². The van der Waals surface area contributed by atoms with Crippen molar-refractivity contribution in [2.45, 2.75) is 0 Å². The van der Waals surface area contributed by atoms with Gasteiger partial charge in [-0.2, -0.15) is 0 Å². The lowest BCUT2D eigenvalue weighted by Crippen LogP contribution is -1.88. The molecule has 0 fully saturated rings. The third kappa shape index (κ3) is 3.28. The first-order chi connectivity index (χ1) is 9.22. The summed E-state index contributed by atoms with van der Waals surface area (Å²) in [5, 5.41) is 0. The Hall–Kier alpha value is -2.42. The molecule has 2 aromatic carbocycles. The number of rotatable bonds is 4. The normalized spacial score (nSPS) is 11.2. The van der Waals surface area contributed by atoms with E-state index >= 15 is 0 Å². The standard InChI is InChI=1S/C16H13FO2/c1-19-16-7-2-4-12(9-16)8-14(11-18)13-5-3-6-15(17)10-13/h2-11H,1H3. The van der Waals surface area contributed by atoms with Gasteiger partial charge in [0.1, 0.15) is 11.6 Å². The molecule has 2 rings (SSSR count). The van der Waals surface area contributed by atoms with Gasteiger partial charge in [-0.25, -0.2) is 4.39 Å². The molecule has 3 heteroatoms. The van der Waals surface area contributed by atoms with Crippen LogP contribution in [0.3, 0.4) is 0 Å². The summed E-state index contributed by atoms with van der Waals surface area (Å²) in [4.78, 5) is 11.2. The molecule has 0 saturated heterocycles. The van der Waals surface area contributed by atoms with Crippen LogP contribution in [-0.4, -0.2) is 13.4 Å². The minimum atomic E-state index is -0.365. The summed E-state index contributed by atoms with van der Waals surface area (Å²) in [5.41, 5.74) is 1.80. The van der Waals surface area contributed by atoms with E-state index in [4.69, 9.17) is 4.74 Å². The topological polar surface area (TPSA) is 26.3 Å². The van der Waals surface area contributed by atoms with Crippen molar-refractivity contribution in [2.75, 3.05) is 7.11 Å². The van der Waals surface area contributed by atoms with Gasteiger partial charge >= 0.3 is 0 Å². The molecule has 0 heterocycles. The van der Waals surface area contributed by atoms with Crippen molar-refractivity contribution in [1.29, 1.82) is 0 Å². The van der Waals surface area contributed by atoms with Crippen LogP contribution in [-0.2, 0) is 4.79 Å². The third-order valence-electron chi connectivity index (χ3n) is 2.70. The minimum Gasteiger partial charge on any atom is -0.497 e. The molecule has 0 saturated carbocycles. The summed E-state index contributed by atoms with van der Waals surface area (Å²) >= 11 is 0. The summed E-state index contributed by atoms with van der Waals surface area (Å²) in [7, 11) is 1.58. The molecule has 19 heavy (non-hydrogen) atoms. The Balaban J connectivity index is 2.40. The highest BCUT2D eigenvalue weighted by atomic mass is 19.1. The molecule has 0 amide bonds. The lowest BCUT2D eigenvalue weighted by Gasteiger charge is -2.03. The highest BCUT2D eigenvalue weighted by Gasteiger charge is 2.02. The van der Waals surface area contributed by atoms with Crippen LogP contribution in [0.1, 0.15) is 11.1 Å². The number of benzene rings is 2. The first kappa shape index (κ1) is 13.0. The van der Waals surface area contributed by atoms with E-state index in [2.05, 4.69) is 0 Å². The largest absolute Gasteiger partial charge is 0.497 e. The molecule has 2 aromatic rings. The van der Waals surface area contributed by atoms with Crippen LogP contribution in [0.2, 0.25) is 0 Å². The van der Waals surface area contributed by atoms with Crippen molar-refractivity contribution in [3.05, 3.63) is 65.5 Å². The van der Waals surface area contributed by atoms with Crippen molar-refractivity contribution < 1.29 is 13.9 Å². The van der Waals surface area contributed by atoms with E-state index in [1.54, 1.807) is 25.3 Å². The molecule has 0 N–H and O–H groups in total. The zero-order valence-electron chi connectivity index (χ0n) is 10.5. The first-order valence-electron chi connectivity index (χ1n) is 5.80. The van der Waals surface area contributed by atoms with Gasteiger partial charge in [0.15, 0.2) is 6.29 Å². The van der Waals surface area contributed by atoms with E-state index < -0.39 is 0 Å². The Kier molecular flexibility index (Phi) is 4.08. The minimum absolute atomic E-state index is 0.365. The fourth-order valence-corrected chi connectivity index (χ4v) is 1.76. The maximum atomic E-state index is 13.2. The molecule has 0 radical (unpaired) electrons. The Morgan fingerprint density at radius 1 is 1.16 bits per heavy atom. The van der Waals surface area contributed by atoms with Crippen LogP contribution < -0.4 is 4.74 Å². The van der Waals surface area contributed by atoms with Crippen molar-refractivity contribution in [3.63, 3.8) is 0 Å². The Morgan fingerprint density at radius 3 is 2.63 bits per heavy atom. The number of halogens is 1. The fourth-order valence-electron chi connectivity index (χ4n) is 1.76. The Morgan fingerprint density at radius 2 is 1.95 bits per heavy atom. The second-order valence-corrected chi connectivity index (χ2v) is 4.00. The molecule has 0 aliphatic heterocycles. The predicted molar refractivity (Wildman–Crippen MR) is 73.3 cm³/mol. The second kappa shape index (κ2) is 5.96. The van der Waals surface area contributed by atoms with Crippen molar-refractivity contribution in [1.82, 2.24) is 0 Å². The number of methoxy groups -OCH3 is 1. The van der Waals surface area contributed by atoms with Gasteiger partial charge < -0.3 is 4.74 Å². The van der Waals surface area contributed by atoms with Gasteiger partial charge in [0.2, 0.25) is 0 Å². The quantitative estimate of drug-likeness (QED) is 0.475. The summed E-state index contributed by atoms with van der Waals surface area (Å²) in [6.45, 7) is 0. The van der Waals surface area contributed by atoms with Crippen LogP contribution in [0.5, 0.6) is 5.75 Å². The third-order valence-corrected chi connectivity index (χ3v) is 2.70. The van der Waals surface area contributed by atoms with Crippen LogP contribution in [0, 0.1) is 5.82 Å². The zero-order valence-corrected chi connectivity index (χ0v) is 10.5. The molecule has 0 aliphatic rings. The van der Waals surface area contributed by atoms with Gasteiger partial charge in [0, 0.05) is 5.57 Å². The van der Waals surface area contributed by atoms with Gasteiger partial charge in [-0.3, -0.25) is 4.79 Å². The van der Waals surface area contributed by atoms with E-state index in [9.17, 15) is 9.18 Å². The average molecular weight is 256 g/mol. The smallest absolute Gasteiger partial charge is 0.150 e. The van der Waals surface area contributed by atoms with Crippen molar-refractivity contribution >= 4 is 17.9 Å². The van der Waals surface area contributed by atoms with Gasteiger partial charge in [0.05, 0.1) is 7.11 Å². The first-order valence-corrected chi connectivity index (χ1v) is 5.80. The van der Waals surface area contributed by atoms with Gasteiger partial charge in [-0.15, -0.1) is 0 Å². The van der Waals surface area contributed by atoms with Crippen LogP contribution in [0.15, 0.2) is 48.5 Å². The molecule has 0 aromatic heterocycles. The second-order valence-electron chi connectivity index (χ2n) is 4.00. The highest BCUT2D eigenvalue weighted by Crippen LogP contribution is 2.20. The number of hydrogen-bond donors (Lipinski definition) is 0. The van der Waals surface area contributed by atoms with Crippen LogP contribution in [0.25, 0.3) is 11.6 Å². The summed E-state index contributed by atoms with van der Waals surface area (Å²) in [5.74, 6) is 0.342. The van der Waals surface area contributed by atoms with E-state index in [-0.39, 0.29) is 5.82 Å². The summed E-state index contributed by atoms with van der Waals surface area (Å²) in [6, 6.07) is 13.3. The fraction of sp³-hybridized carbons (Fsp3) is 0.0625. The van der Waals surface area contributed by atoms with Gasteiger partial charge in [-0.1, -0.05) is 24.3 Å². The predicted octanol–water partition coefficient (Wildman–Crippen LogP) is 3.57. The Bertz CT molecular complexity index is 618.